The van der Waals surface area contributed by atoms with Crippen LogP contribution in [-0.4, -0.2) is 66.3 Å². The van der Waals surface area contributed by atoms with Gasteiger partial charge in [-0.1, -0.05) is 12.1 Å². The van der Waals surface area contributed by atoms with Crippen molar-refractivity contribution in [1.29, 1.82) is 0 Å². The van der Waals surface area contributed by atoms with Gasteiger partial charge in [-0.2, -0.15) is 0 Å². The zero-order valence-electron chi connectivity index (χ0n) is 14.8. The monoisotopic (exact) mass is 380 g/mol. The van der Waals surface area contributed by atoms with Gasteiger partial charge in [0.25, 0.3) is 0 Å². The molecule has 146 valence electrons. The third kappa shape index (κ3) is 4.60. The Bertz CT molecular complexity index is 743. The quantitative estimate of drug-likeness (QED) is 0.771. The number of hydrogen-bond acceptors (Lipinski definition) is 4. The van der Waals surface area contributed by atoms with Crippen molar-refractivity contribution in [2.75, 3.05) is 32.7 Å². The first-order chi connectivity index (χ1) is 13.0. The van der Waals surface area contributed by atoms with Crippen molar-refractivity contribution in [2.45, 2.75) is 25.4 Å². The van der Waals surface area contributed by atoms with E-state index in [-0.39, 0.29) is 42.7 Å². The van der Waals surface area contributed by atoms with Crippen molar-refractivity contribution >= 4 is 17.7 Å². The summed E-state index contributed by atoms with van der Waals surface area (Å²) in [6.45, 7) is 1.91. The van der Waals surface area contributed by atoms with Gasteiger partial charge in [-0.25, -0.2) is 8.78 Å². The van der Waals surface area contributed by atoms with E-state index in [9.17, 15) is 23.2 Å². The highest BCUT2D eigenvalue weighted by molar-refractivity contribution is 5.89. The minimum Gasteiger partial charge on any atom is -0.354 e. The summed E-state index contributed by atoms with van der Waals surface area (Å²) in [5.74, 6) is -2.54. The fourth-order valence-corrected chi connectivity index (χ4v) is 3.37. The smallest absolute Gasteiger partial charge is 0.237 e. The Morgan fingerprint density at radius 3 is 2.70 bits per heavy atom. The van der Waals surface area contributed by atoms with Crippen molar-refractivity contribution < 1.29 is 23.2 Å². The molecule has 2 fully saturated rings. The number of nitrogens with zero attached hydrogens (tertiary/aromatic N) is 2. The fourth-order valence-electron chi connectivity index (χ4n) is 3.37. The molecule has 0 saturated carbocycles. The lowest BCUT2D eigenvalue weighted by atomic mass is 10.1. The van der Waals surface area contributed by atoms with Crippen LogP contribution in [-0.2, 0) is 20.9 Å². The van der Waals surface area contributed by atoms with Crippen LogP contribution in [0.15, 0.2) is 18.2 Å². The van der Waals surface area contributed by atoms with E-state index in [1.54, 1.807) is 9.80 Å². The Hall–Kier alpha value is -2.55. The number of halogens is 2. The van der Waals surface area contributed by atoms with Gasteiger partial charge in [0.15, 0.2) is 11.6 Å². The fraction of sp³-hybridized carbons (Fsp3) is 0.500. The average molecular weight is 380 g/mol. The van der Waals surface area contributed by atoms with Gasteiger partial charge in [-0.05, 0) is 6.07 Å². The predicted molar refractivity (Wildman–Crippen MR) is 92.4 cm³/mol. The van der Waals surface area contributed by atoms with E-state index in [0.29, 0.717) is 32.7 Å². The largest absolute Gasteiger partial charge is 0.354 e. The number of piperazine rings is 1. The molecule has 7 nitrogen and oxygen atoms in total. The topological polar surface area (TPSA) is 81.8 Å². The van der Waals surface area contributed by atoms with Crippen LogP contribution < -0.4 is 10.6 Å². The number of amides is 3. The Morgan fingerprint density at radius 1 is 1.11 bits per heavy atom. The summed E-state index contributed by atoms with van der Waals surface area (Å²) in [5, 5.41) is 5.41. The summed E-state index contributed by atoms with van der Waals surface area (Å²) in [5.41, 5.74) is 0.145. The summed E-state index contributed by atoms with van der Waals surface area (Å²) < 4.78 is 27.5. The van der Waals surface area contributed by atoms with Gasteiger partial charge in [0.05, 0.1) is 12.5 Å². The zero-order chi connectivity index (χ0) is 19.4. The number of rotatable bonds is 4. The average Bonchev–Trinajstić information content (AvgIpc) is 2.86. The van der Waals surface area contributed by atoms with E-state index < -0.39 is 17.7 Å². The summed E-state index contributed by atoms with van der Waals surface area (Å²) in [7, 11) is 0. The molecule has 0 unspecified atom stereocenters. The number of hydrogen-bond donors (Lipinski definition) is 2. The number of nitrogens with one attached hydrogen (secondary N) is 2. The van der Waals surface area contributed by atoms with Crippen LogP contribution in [0.1, 0.15) is 18.4 Å². The molecule has 2 heterocycles. The maximum Gasteiger partial charge on any atom is 0.237 e. The highest BCUT2D eigenvalue weighted by atomic mass is 19.2. The molecule has 0 aliphatic carbocycles. The lowest BCUT2D eigenvalue weighted by Gasteiger charge is -2.35. The van der Waals surface area contributed by atoms with Gasteiger partial charge >= 0.3 is 0 Å². The molecule has 2 N–H and O–H groups in total. The molecule has 27 heavy (non-hydrogen) atoms. The summed E-state index contributed by atoms with van der Waals surface area (Å²) in [6.07, 6.45) is 0.151. The molecule has 3 amide bonds. The van der Waals surface area contributed by atoms with Crippen molar-refractivity contribution in [2.24, 2.45) is 0 Å². The molecule has 2 saturated heterocycles. The number of carbonyl (C=O) groups excluding carboxylic acids is 3. The SMILES string of the molecule is O=C1CCN(C(=O)C[C@@H]2C(=O)NCCN2Cc2cccc(F)c2F)CCN1. The molecule has 0 aromatic heterocycles. The number of benzene rings is 1. The first-order valence-electron chi connectivity index (χ1n) is 8.95. The minimum absolute atomic E-state index is 0.0367. The molecule has 0 radical (unpaired) electrons. The summed E-state index contributed by atoms with van der Waals surface area (Å²) in [6, 6.07) is 3.16. The second-order valence-electron chi connectivity index (χ2n) is 6.68. The van der Waals surface area contributed by atoms with Gasteiger partial charge in [-0.15, -0.1) is 0 Å². The summed E-state index contributed by atoms with van der Waals surface area (Å²) >= 11 is 0. The van der Waals surface area contributed by atoms with Gasteiger partial charge in [0, 0.05) is 51.3 Å². The standard InChI is InChI=1S/C18H22F2N4O3/c19-13-3-1-2-12(17(13)20)11-24-9-6-22-18(27)14(24)10-16(26)23-7-4-15(25)21-5-8-23/h1-3,14H,4-11H2,(H,21,25)(H,22,27)/t14-/m1/s1. The third-order valence-electron chi connectivity index (χ3n) is 4.88. The van der Waals surface area contributed by atoms with Crippen molar-refractivity contribution in [3.05, 3.63) is 35.4 Å². The molecule has 1 aromatic rings. The van der Waals surface area contributed by atoms with Crippen molar-refractivity contribution in [3.8, 4) is 0 Å². The lowest BCUT2D eigenvalue weighted by Crippen LogP contribution is -2.56. The molecular weight excluding hydrogens is 358 g/mol. The van der Waals surface area contributed by atoms with Crippen LogP contribution in [0.5, 0.6) is 0 Å². The van der Waals surface area contributed by atoms with Crippen LogP contribution >= 0.6 is 0 Å². The molecule has 1 aromatic carbocycles. The van der Waals surface area contributed by atoms with Crippen molar-refractivity contribution in [1.82, 2.24) is 20.4 Å². The van der Waals surface area contributed by atoms with E-state index >= 15 is 0 Å². The van der Waals surface area contributed by atoms with E-state index in [0.717, 1.165) is 6.07 Å². The molecule has 1 atom stereocenters. The molecule has 0 bridgehead atoms. The maximum absolute atomic E-state index is 14.0. The second kappa shape index (κ2) is 8.43. The summed E-state index contributed by atoms with van der Waals surface area (Å²) in [4.78, 5) is 39.6. The first-order valence-corrected chi connectivity index (χ1v) is 8.95. The van der Waals surface area contributed by atoms with Crippen LogP contribution in [0.25, 0.3) is 0 Å². The van der Waals surface area contributed by atoms with Crippen LogP contribution in [0, 0.1) is 11.6 Å². The maximum atomic E-state index is 14.0. The van der Waals surface area contributed by atoms with E-state index in [1.807, 2.05) is 0 Å². The molecule has 0 spiro atoms. The van der Waals surface area contributed by atoms with Gasteiger partial charge in [0.1, 0.15) is 0 Å². The Morgan fingerprint density at radius 2 is 1.89 bits per heavy atom. The highest BCUT2D eigenvalue weighted by Gasteiger charge is 2.33. The van der Waals surface area contributed by atoms with Gasteiger partial charge < -0.3 is 15.5 Å². The van der Waals surface area contributed by atoms with Gasteiger partial charge in [-0.3, -0.25) is 19.3 Å². The molecule has 3 rings (SSSR count). The predicted octanol–water partition coefficient (Wildman–Crippen LogP) is 0.00380. The van der Waals surface area contributed by atoms with Crippen molar-refractivity contribution in [3.63, 3.8) is 0 Å². The molecule has 2 aliphatic rings. The minimum atomic E-state index is -0.941. The Kier molecular flexibility index (Phi) is 6.00. The van der Waals surface area contributed by atoms with Crippen LogP contribution in [0.3, 0.4) is 0 Å². The molecular formula is C18H22F2N4O3. The Labute approximate surface area is 155 Å². The van der Waals surface area contributed by atoms with E-state index in [1.165, 1.54) is 12.1 Å². The lowest BCUT2D eigenvalue weighted by molar-refractivity contribution is -0.139. The number of carbonyl (C=O) groups is 3. The van der Waals surface area contributed by atoms with E-state index in [2.05, 4.69) is 10.6 Å². The zero-order valence-corrected chi connectivity index (χ0v) is 14.8. The Balaban J connectivity index is 1.70. The first kappa shape index (κ1) is 19.2. The third-order valence-corrected chi connectivity index (χ3v) is 4.88. The van der Waals surface area contributed by atoms with Crippen LogP contribution in [0.4, 0.5) is 8.78 Å². The van der Waals surface area contributed by atoms with Crippen LogP contribution in [0.2, 0.25) is 0 Å². The normalized spacial score (nSPS) is 21.4. The highest BCUT2D eigenvalue weighted by Crippen LogP contribution is 2.18. The molecule has 2 aliphatic heterocycles. The molecule has 9 heteroatoms. The second-order valence-corrected chi connectivity index (χ2v) is 6.68. The van der Waals surface area contributed by atoms with Gasteiger partial charge in [0.2, 0.25) is 17.7 Å². The van der Waals surface area contributed by atoms with E-state index in [4.69, 9.17) is 0 Å².